The highest BCUT2D eigenvalue weighted by Gasteiger charge is 2.26. The molecule has 0 spiro atoms. The number of ether oxygens (including phenoxy) is 1. The maximum absolute atomic E-state index is 5.84. The first-order valence-corrected chi connectivity index (χ1v) is 30.3. The summed E-state index contributed by atoms with van der Waals surface area (Å²) in [6, 6.07) is 77.9. The predicted molar refractivity (Wildman–Crippen MR) is 307 cm³/mol. The quantitative estimate of drug-likeness (QED) is 0.138. The first kappa shape index (κ1) is 51.6. The Morgan fingerprint density at radius 3 is 0.884 bits per heavy atom. The van der Waals surface area contributed by atoms with Crippen LogP contribution in [-0.2, 0) is 0 Å². The van der Waals surface area contributed by atoms with Gasteiger partial charge in [-0.25, -0.2) is 0 Å². The van der Waals surface area contributed by atoms with E-state index in [2.05, 4.69) is 238 Å². The Morgan fingerprint density at radius 1 is 0.246 bits per heavy atom. The second kappa shape index (κ2) is 24.0. The summed E-state index contributed by atoms with van der Waals surface area (Å²) < 4.78 is 5.84. The maximum atomic E-state index is 5.84. The molecule has 0 atom stereocenters. The summed E-state index contributed by atoms with van der Waals surface area (Å²) in [5.41, 5.74) is 15.6. The first-order valence-electron chi connectivity index (χ1n) is 24.3. The van der Waals surface area contributed by atoms with Crippen LogP contribution in [0.1, 0.15) is 44.5 Å². The molecule has 3 heteroatoms. The molecule has 0 aliphatic heterocycles. The Labute approximate surface area is 417 Å². The summed E-state index contributed by atoms with van der Waals surface area (Å²) in [4.78, 5) is 0. The van der Waals surface area contributed by atoms with Crippen molar-refractivity contribution in [2.45, 2.75) is 81.6 Å². The highest BCUT2D eigenvalue weighted by Crippen LogP contribution is 2.35. The monoisotopic (exact) mass is 937 g/mol. The lowest BCUT2D eigenvalue weighted by Crippen LogP contribution is -2.52. The van der Waals surface area contributed by atoms with Crippen molar-refractivity contribution in [3.63, 3.8) is 0 Å². The number of aryl methyl sites for hydroxylation is 8. The van der Waals surface area contributed by atoms with Gasteiger partial charge in [0.25, 0.3) is 0 Å². The van der Waals surface area contributed by atoms with E-state index in [0.29, 0.717) is 0 Å². The van der Waals surface area contributed by atoms with Crippen LogP contribution in [0.25, 0.3) is 22.3 Å². The van der Waals surface area contributed by atoms with Gasteiger partial charge >= 0.3 is 0 Å². The molecule has 1 nitrogen and oxygen atoms in total. The van der Waals surface area contributed by atoms with Crippen LogP contribution in [0.4, 0.5) is 0 Å². The van der Waals surface area contributed by atoms with Crippen LogP contribution in [0.5, 0.6) is 11.5 Å². The molecule has 0 saturated carbocycles. The zero-order valence-electron chi connectivity index (χ0n) is 43.2. The minimum absolute atomic E-state index is 0.923. The third-order valence-electron chi connectivity index (χ3n) is 13.2. The van der Waals surface area contributed by atoms with Gasteiger partial charge in [-0.15, -0.1) is 0 Å². The lowest BCUT2D eigenvalue weighted by Gasteiger charge is -2.24. The number of para-hydroxylation sites is 2. The van der Waals surface area contributed by atoms with Gasteiger partial charge in [-0.05, 0) is 112 Å². The lowest BCUT2D eigenvalue weighted by atomic mass is 9.90. The summed E-state index contributed by atoms with van der Waals surface area (Å²) in [6.07, 6.45) is 0. The first-order chi connectivity index (χ1) is 33.0. The second-order valence-electron chi connectivity index (χ2n) is 19.5. The largest absolute Gasteiger partial charge is 0.457 e. The Kier molecular flexibility index (Phi) is 17.9. The minimum atomic E-state index is -1.52. The molecular weight excluding hydrogens is 865 g/mol. The van der Waals surface area contributed by atoms with Gasteiger partial charge in [0.1, 0.15) is 27.6 Å². The predicted octanol–water partition coefficient (Wildman–Crippen LogP) is 16.0. The van der Waals surface area contributed by atoms with Gasteiger partial charge in [-0.1, -0.05) is 275 Å². The fraction of sp³-hybridized carbons (Fsp3) is 0.182. The molecule has 0 amide bonds. The van der Waals surface area contributed by atoms with Gasteiger partial charge in [0, 0.05) is 0 Å². The molecular formula is C66H72OSi2. The average Bonchev–Trinajstić information content (AvgIpc) is 3.34. The zero-order chi connectivity index (χ0) is 49.6. The van der Waals surface area contributed by atoms with E-state index in [9.17, 15) is 0 Å². The van der Waals surface area contributed by atoms with Crippen LogP contribution in [-0.4, -0.2) is 16.1 Å². The van der Waals surface area contributed by atoms with Gasteiger partial charge in [0.05, 0.1) is 0 Å². The number of rotatable bonds is 8. The molecule has 0 saturated heterocycles. The van der Waals surface area contributed by atoms with E-state index in [-0.39, 0.29) is 0 Å². The fourth-order valence-corrected chi connectivity index (χ4v) is 13.4. The van der Waals surface area contributed by atoms with Crippen LogP contribution in [0.3, 0.4) is 0 Å². The van der Waals surface area contributed by atoms with Crippen LogP contribution in [0, 0.1) is 55.4 Å². The third-order valence-corrected chi connectivity index (χ3v) is 20.3. The topological polar surface area (TPSA) is 9.23 Å². The van der Waals surface area contributed by atoms with Crippen LogP contribution >= 0.6 is 0 Å². The smallest absolute Gasteiger partial charge is 0.130 e. The Balaban J connectivity index is 0.000000152. The molecule has 350 valence electrons. The zero-order valence-corrected chi connectivity index (χ0v) is 45.2. The lowest BCUT2D eigenvalue weighted by molar-refractivity contribution is 0.475. The molecule has 0 bridgehead atoms. The van der Waals surface area contributed by atoms with Crippen molar-refractivity contribution in [2.75, 3.05) is 0 Å². The normalized spacial score (nSPS) is 10.9. The number of hydrogen-bond acceptors (Lipinski definition) is 1. The fourth-order valence-electron chi connectivity index (χ4n) is 8.50. The Morgan fingerprint density at radius 2 is 0.551 bits per heavy atom. The molecule has 69 heavy (non-hydrogen) atoms. The van der Waals surface area contributed by atoms with E-state index in [1.165, 1.54) is 76.4 Å². The maximum Gasteiger partial charge on any atom is 0.130 e. The molecule has 0 aromatic heterocycles. The van der Waals surface area contributed by atoms with Gasteiger partial charge in [-0.2, -0.15) is 0 Å². The van der Waals surface area contributed by atoms with Crippen LogP contribution in [0.15, 0.2) is 218 Å². The summed E-state index contributed by atoms with van der Waals surface area (Å²) in [5.74, 6) is 1.85. The molecule has 9 rings (SSSR count). The number of benzene rings is 9. The molecule has 0 unspecified atom stereocenters. The van der Waals surface area contributed by atoms with Crippen molar-refractivity contribution in [3.8, 4) is 33.8 Å². The molecule has 9 aromatic rings. The summed E-state index contributed by atoms with van der Waals surface area (Å²) in [7, 11) is -3.02. The van der Waals surface area contributed by atoms with E-state index in [4.69, 9.17) is 4.74 Å². The summed E-state index contributed by atoms with van der Waals surface area (Å²) in [5, 5.41) is 6.05. The molecule has 0 fully saturated rings. The van der Waals surface area contributed by atoms with Crippen molar-refractivity contribution in [3.05, 3.63) is 263 Å². The Hall–Kier alpha value is -6.79. The summed E-state index contributed by atoms with van der Waals surface area (Å²) in [6.45, 7) is 26.8. The molecule has 0 aliphatic rings. The second-order valence-corrected chi connectivity index (χ2v) is 28.3. The van der Waals surface area contributed by atoms with Crippen molar-refractivity contribution < 1.29 is 4.74 Å². The van der Waals surface area contributed by atoms with Gasteiger partial charge in [0.15, 0.2) is 0 Å². The highest BCUT2D eigenvalue weighted by molar-refractivity contribution is 7.01. The minimum Gasteiger partial charge on any atom is -0.457 e. The van der Waals surface area contributed by atoms with Crippen LogP contribution in [0.2, 0.25) is 26.2 Å². The standard InChI is InChI=1S/C20H18.2C16H20Si.C14H14O/c1-15-9-3-5-11-17(15)19-13-7-8-14-20(19)18-12-6-4-10-16(18)2;1-13-5-9-15(10-6-13)17(3,4)16-11-7-14(2)8-12-16;1-13-7-5-9-15(11-13)17(3,4)16-10-6-8-14(2)12-16;1-11-7-3-5-9-13(11)15-14-10-6-4-8-12(14)2/h3-14H,1-2H3;2*5-12H,1-4H3;3-10H,1-2H3. The molecule has 0 N–H and O–H groups in total. The van der Waals surface area contributed by atoms with E-state index < -0.39 is 16.1 Å². The molecule has 0 heterocycles. The number of hydrogen-bond donors (Lipinski definition) is 0. The van der Waals surface area contributed by atoms with Crippen molar-refractivity contribution in [1.29, 1.82) is 0 Å². The molecule has 9 aromatic carbocycles. The Bertz CT molecular complexity index is 2850. The molecule has 0 radical (unpaired) electrons. The van der Waals surface area contributed by atoms with Gasteiger partial charge < -0.3 is 4.74 Å². The highest BCUT2D eigenvalue weighted by atomic mass is 28.3. The summed E-state index contributed by atoms with van der Waals surface area (Å²) >= 11 is 0. The van der Waals surface area contributed by atoms with Crippen molar-refractivity contribution in [1.82, 2.24) is 0 Å². The SMILES string of the molecule is Cc1ccc([Si](C)(C)c2ccc(C)cc2)cc1.Cc1cccc([Si](C)(C)c2cccc(C)c2)c1.Cc1ccccc1-c1ccccc1-c1ccccc1C.Cc1ccccc1Oc1ccccc1C. The molecule has 0 aliphatic carbocycles. The van der Waals surface area contributed by atoms with Gasteiger partial charge in [-0.3, -0.25) is 0 Å². The van der Waals surface area contributed by atoms with Crippen LogP contribution < -0.4 is 25.5 Å². The van der Waals surface area contributed by atoms with Crippen molar-refractivity contribution in [2.24, 2.45) is 0 Å². The van der Waals surface area contributed by atoms with E-state index >= 15 is 0 Å². The third kappa shape index (κ3) is 13.9. The van der Waals surface area contributed by atoms with Gasteiger partial charge in [0.2, 0.25) is 0 Å². The average molecular weight is 937 g/mol. The van der Waals surface area contributed by atoms with E-state index in [1.807, 2.05) is 62.4 Å². The van der Waals surface area contributed by atoms with E-state index in [0.717, 1.165) is 22.6 Å². The van der Waals surface area contributed by atoms with E-state index in [1.54, 1.807) is 0 Å². The van der Waals surface area contributed by atoms with Crippen molar-refractivity contribution >= 4 is 36.9 Å².